The molecule has 168 valence electrons. The third kappa shape index (κ3) is 4.65. The number of halogens is 1. The number of amides is 2. The summed E-state index contributed by atoms with van der Waals surface area (Å²) >= 11 is 0. The molecule has 33 heavy (non-hydrogen) atoms. The van der Waals surface area contributed by atoms with Crippen molar-refractivity contribution in [2.45, 2.75) is 26.7 Å². The van der Waals surface area contributed by atoms with E-state index in [0.717, 1.165) is 23.3 Å². The van der Waals surface area contributed by atoms with Gasteiger partial charge in [0.05, 0.1) is 17.9 Å². The second-order valence-electron chi connectivity index (χ2n) is 7.72. The molecule has 0 unspecified atom stereocenters. The molecule has 0 radical (unpaired) electrons. The van der Waals surface area contributed by atoms with Crippen molar-refractivity contribution in [1.82, 2.24) is 0 Å². The molecule has 3 aromatic rings. The summed E-state index contributed by atoms with van der Waals surface area (Å²) in [5, 5.41) is 2.98. The summed E-state index contributed by atoms with van der Waals surface area (Å²) in [4.78, 5) is 28.1. The number of rotatable bonds is 8. The number of hydrogen-bond donors (Lipinski definition) is 1. The molecule has 1 heterocycles. The third-order valence-electron chi connectivity index (χ3n) is 5.40. The Balaban J connectivity index is 1.75. The van der Waals surface area contributed by atoms with Crippen molar-refractivity contribution < 1.29 is 18.7 Å². The fraction of sp³-hybridized carbons (Fsp3) is 0.185. The average Bonchev–Trinajstić information content (AvgIpc) is 3.07. The highest BCUT2D eigenvalue weighted by Crippen LogP contribution is 2.34. The van der Waals surface area contributed by atoms with Gasteiger partial charge in [-0.25, -0.2) is 9.29 Å². The lowest BCUT2D eigenvalue weighted by atomic mass is 10.0. The largest absolute Gasteiger partial charge is 0.494 e. The first kappa shape index (κ1) is 22.3. The van der Waals surface area contributed by atoms with Crippen molar-refractivity contribution in [2.75, 3.05) is 16.8 Å². The van der Waals surface area contributed by atoms with E-state index in [0.29, 0.717) is 29.3 Å². The van der Waals surface area contributed by atoms with Crippen LogP contribution in [0.25, 0.3) is 5.57 Å². The van der Waals surface area contributed by atoms with E-state index in [1.54, 1.807) is 48.5 Å². The zero-order valence-corrected chi connectivity index (χ0v) is 18.6. The van der Waals surface area contributed by atoms with Gasteiger partial charge in [-0.3, -0.25) is 9.59 Å². The summed E-state index contributed by atoms with van der Waals surface area (Å²) in [6.45, 7) is 4.65. The highest BCUT2D eigenvalue weighted by Gasteiger charge is 2.40. The molecule has 0 atom stereocenters. The van der Waals surface area contributed by atoms with Crippen LogP contribution in [0, 0.1) is 5.82 Å². The molecule has 1 aliphatic rings. The van der Waals surface area contributed by atoms with Gasteiger partial charge in [0.1, 0.15) is 17.3 Å². The van der Waals surface area contributed by atoms with E-state index in [2.05, 4.69) is 5.32 Å². The first-order chi connectivity index (χ1) is 16.0. The summed E-state index contributed by atoms with van der Waals surface area (Å²) < 4.78 is 19.4. The van der Waals surface area contributed by atoms with Gasteiger partial charge in [0.25, 0.3) is 11.8 Å². The molecule has 0 bridgehead atoms. The van der Waals surface area contributed by atoms with Crippen LogP contribution in [0.5, 0.6) is 5.75 Å². The van der Waals surface area contributed by atoms with Crippen molar-refractivity contribution in [3.05, 3.63) is 95.4 Å². The predicted octanol–water partition coefficient (Wildman–Crippen LogP) is 5.57. The Hall–Kier alpha value is -3.93. The minimum atomic E-state index is -0.491. The molecular formula is C27H25FN2O3. The maximum Gasteiger partial charge on any atom is 0.282 e. The van der Waals surface area contributed by atoms with Crippen molar-refractivity contribution in [1.29, 1.82) is 0 Å². The van der Waals surface area contributed by atoms with Gasteiger partial charge >= 0.3 is 0 Å². The molecule has 0 aromatic heterocycles. The fourth-order valence-corrected chi connectivity index (χ4v) is 3.68. The van der Waals surface area contributed by atoms with Gasteiger partial charge in [-0.1, -0.05) is 44.2 Å². The molecule has 5 nitrogen and oxygen atoms in total. The topological polar surface area (TPSA) is 58.6 Å². The minimum absolute atomic E-state index is 0.104. The van der Waals surface area contributed by atoms with E-state index < -0.39 is 17.6 Å². The summed E-state index contributed by atoms with van der Waals surface area (Å²) in [6.07, 6.45) is 1.73. The number of imide groups is 1. The van der Waals surface area contributed by atoms with Crippen LogP contribution in [-0.4, -0.2) is 18.4 Å². The van der Waals surface area contributed by atoms with Crippen molar-refractivity contribution in [3.63, 3.8) is 0 Å². The molecule has 0 saturated carbocycles. The summed E-state index contributed by atoms with van der Waals surface area (Å²) in [5.74, 6) is -0.687. The number of ether oxygens (including phenoxy) is 1. The van der Waals surface area contributed by atoms with Gasteiger partial charge in [-0.2, -0.15) is 0 Å². The Morgan fingerprint density at radius 1 is 0.909 bits per heavy atom. The van der Waals surface area contributed by atoms with Gasteiger partial charge < -0.3 is 10.1 Å². The molecule has 0 fully saturated rings. The monoisotopic (exact) mass is 444 g/mol. The Labute approximate surface area is 192 Å². The highest BCUT2D eigenvalue weighted by atomic mass is 19.1. The Kier molecular flexibility index (Phi) is 6.54. The SMILES string of the molecule is CCCOc1ccc(C2=C(Nc3cccc(F)c3)C(=O)N(c3ccc(CC)cc3)C2=O)cc1. The van der Waals surface area contributed by atoms with Crippen LogP contribution in [0.3, 0.4) is 0 Å². The van der Waals surface area contributed by atoms with E-state index in [9.17, 15) is 14.0 Å². The number of carbonyl (C=O) groups excluding carboxylic acids is 2. The van der Waals surface area contributed by atoms with Crippen LogP contribution in [0.2, 0.25) is 0 Å². The Morgan fingerprint density at radius 2 is 1.64 bits per heavy atom. The second-order valence-corrected chi connectivity index (χ2v) is 7.72. The van der Waals surface area contributed by atoms with Gasteiger partial charge in [-0.05, 0) is 66.4 Å². The standard InChI is InChI=1S/C27H25FN2O3/c1-3-16-33-23-14-10-19(11-15-23)24-25(29-21-7-5-6-20(28)17-21)27(32)30(26(24)31)22-12-8-18(4-2)9-13-22/h5-15,17,29H,3-4,16H2,1-2H3. The molecule has 1 aliphatic heterocycles. The smallest absolute Gasteiger partial charge is 0.282 e. The minimum Gasteiger partial charge on any atom is -0.494 e. The van der Waals surface area contributed by atoms with Crippen LogP contribution < -0.4 is 15.0 Å². The molecule has 6 heteroatoms. The lowest BCUT2D eigenvalue weighted by molar-refractivity contribution is -0.120. The van der Waals surface area contributed by atoms with Gasteiger partial charge in [-0.15, -0.1) is 0 Å². The Bertz CT molecular complexity index is 1200. The van der Waals surface area contributed by atoms with E-state index >= 15 is 0 Å². The zero-order valence-electron chi connectivity index (χ0n) is 18.6. The summed E-state index contributed by atoms with van der Waals surface area (Å²) in [6, 6.07) is 20.2. The van der Waals surface area contributed by atoms with E-state index in [-0.39, 0.29) is 11.3 Å². The third-order valence-corrected chi connectivity index (χ3v) is 5.40. The summed E-state index contributed by atoms with van der Waals surface area (Å²) in [7, 11) is 0. The zero-order chi connectivity index (χ0) is 23.4. The van der Waals surface area contributed by atoms with Crippen molar-refractivity contribution >= 4 is 28.8 Å². The maximum absolute atomic E-state index is 13.8. The number of aryl methyl sites for hydroxylation is 1. The van der Waals surface area contributed by atoms with Gasteiger partial charge in [0.15, 0.2) is 0 Å². The van der Waals surface area contributed by atoms with Crippen LogP contribution >= 0.6 is 0 Å². The van der Waals surface area contributed by atoms with E-state index in [4.69, 9.17) is 4.74 Å². The van der Waals surface area contributed by atoms with Gasteiger partial charge in [0, 0.05) is 5.69 Å². The first-order valence-electron chi connectivity index (χ1n) is 11.0. The Morgan fingerprint density at radius 3 is 2.27 bits per heavy atom. The highest BCUT2D eigenvalue weighted by molar-refractivity contribution is 6.46. The number of anilines is 2. The summed E-state index contributed by atoms with van der Waals surface area (Å²) in [5.41, 5.74) is 2.88. The average molecular weight is 445 g/mol. The van der Waals surface area contributed by atoms with Crippen molar-refractivity contribution in [2.24, 2.45) is 0 Å². The fourth-order valence-electron chi connectivity index (χ4n) is 3.68. The molecule has 4 rings (SSSR count). The lowest BCUT2D eigenvalue weighted by Crippen LogP contribution is -2.32. The molecule has 0 saturated heterocycles. The van der Waals surface area contributed by atoms with Crippen LogP contribution in [0.4, 0.5) is 15.8 Å². The lowest BCUT2D eigenvalue weighted by Gasteiger charge is -2.16. The van der Waals surface area contributed by atoms with E-state index in [1.807, 2.05) is 26.0 Å². The maximum atomic E-state index is 13.8. The van der Waals surface area contributed by atoms with Crippen LogP contribution in [0.15, 0.2) is 78.5 Å². The van der Waals surface area contributed by atoms with Crippen molar-refractivity contribution in [3.8, 4) is 5.75 Å². The van der Waals surface area contributed by atoms with Crippen LogP contribution in [-0.2, 0) is 16.0 Å². The number of nitrogens with one attached hydrogen (secondary N) is 1. The quantitative estimate of drug-likeness (QED) is 0.461. The van der Waals surface area contributed by atoms with E-state index in [1.165, 1.54) is 12.1 Å². The van der Waals surface area contributed by atoms with Crippen LogP contribution in [0.1, 0.15) is 31.4 Å². The normalized spacial score (nSPS) is 13.6. The number of benzene rings is 3. The second kappa shape index (κ2) is 9.69. The molecule has 2 amide bonds. The number of hydrogen-bond acceptors (Lipinski definition) is 4. The van der Waals surface area contributed by atoms with Gasteiger partial charge in [0.2, 0.25) is 0 Å². The molecular weight excluding hydrogens is 419 g/mol. The molecule has 0 aliphatic carbocycles. The molecule has 3 aromatic carbocycles. The number of nitrogens with zero attached hydrogens (tertiary/aromatic N) is 1. The molecule has 0 spiro atoms. The predicted molar refractivity (Wildman–Crippen MR) is 127 cm³/mol. The first-order valence-corrected chi connectivity index (χ1v) is 11.0. The molecule has 1 N–H and O–H groups in total. The number of carbonyl (C=O) groups is 2.